The summed E-state index contributed by atoms with van der Waals surface area (Å²) in [6, 6.07) is 2.03. The topological polar surface area (TPSA) is 53.7 Å². The summed E-state index contributed by atoms with van der Waals surface area (Å²) in [6.45, 7) is 2.40. The lowest BCUT2D eigenvalue weighted by Crippen LogP contribution is -2.45. The number of furan rings is 1. The Balaban J connectivity index is 2.15. The van der Waals surface area contributed by atoms with Crippen LogP contribution >= 0.6 is 0 Å². The lowest BCUT2D eigenvalue weighted by molar-refractivity contribution is 0.0523. The molecule has 94 valence electrons. The normalized spacial score (nSPS) is 15.6. The minimum Gasteiger partial charge on any atom is -0.469 e. The Labute approximate surface area is 101 Å². The van der Waals surface area contributed by atoms with Crippen LogP contribution in [-0.4, -0.2) is 35.1 Å². The van der Waals surface area contributed by atoms with Crippen LogP contribution in [0.2, 0.25) is 0 Å². The van der Waals surface area contributed by atoms with Gasteiger partial charge in [-0.25, -0.2) is 0 Å². The van der Waals surface area contributed by atoms with Crippen molar-refractivity contribution in [2.75, 3.05) is 13.2 Å². The molecule has 1 aromatic heterocycles. The first-order valence-electron chi connectivity index (χ1n) is 6.26. The highest BCUT2D eigenvalue weighted by Gasteiger charge is 2.30. The van der Waals surface area contributed by atoms with E-state index >= 15 is 0 Å². The van der Waals surface area contributed by atoms with Crippen molar-refractivity contribution in [2.45, 2.75) is 38.6 Å². The average molecular weight is 237 g/mol. The molecule has 1 N–H and O–H groups in total. The first-order valence-corrected chi connectivity index (χ1v) is 6.26. The molecule has 0 aliphatic heterocycles. The molecule has 1 aliphatic carbocycles. The fourth-order valence-corrected chi connectivity index (χ4v) is 2.22. The number of carbonyl (C=O) groups excluding carboxylic acids is 1. The van der Waals surface area contributed by atoms with Crippen molar-refractivity contribution in [1.82, 2.24) is 4.90 Å². The number of aryl methyl sites for hydroxylation is 1. The molecule has 0 bridgehead atoms. The van der Waals surface area contributed by atoms with Crippen LogP contribution in [0.3, 0.4) is 0 Å². The molecular weight excluding hydrogens is 218 g/mol. The maximum Gasteiger partial charge on any atom is 0.257 e. The molecule has 4 heteroatoms. The van der Waals surface area contributed by atoms with Crippen LogP contribution in [0.15, 0.2) is 16.7 Å². The van der Waals surface area contributed by atoms with Crippen LogP contribution in [0.25, 0.3) is 0 Å². The van der Waals surface area contributed by atoms with E-state index in [0.717, 1.165) is 18.6 Å². The van der Waals surface area contributed by atoms with Gasteiger partial charge in [0.1, 0.15) is 5.76 Å². The molecule has 0 atom stereocenters. The second-order valence-electron chi connectivity index (χ2n) is 4.42. The fraction of sp³-hybridized carbons (Fsp3) is 0.615. The first kappa shape index (κ1) is 12.2. The Bertz CT molecular complexity index is 382. The molecule has 0 saturated heterocycles. The number of aliphatic hydroxyl groups excluding tert-OH is 1. The highest BCUT2D eigenvalue weighted by molar-refractivity contribution is 5.95. The van der Waals surface area contributed by atoms with Crippen LogP contribution < -0.4 is 0 Å². The summed E-state index contributed by atoms with van der Waals surface area (Å²) in [6.07, 6.45) is 5.54. The number of carbonyl (C=O) groups is 1. The van der Waals surface area contributed by atoms with E-state index in [4.69, 9.17) is 9.52 Å². The van der Waals surface area contributed by atoms with Gasteiger partial charge in [-0.3, -0.25) is 4.79 Å². The van der Waals surface area contributed by atoms with Crippen molar-refractivity contribution in [3.63, 3.8) is 0 Å². The van der Waals surface area contributed by atoms with Gasteiger partial charge >= 0.3 is 0 Å². The van der Waals surface area contributed by atoms with E-state index in [-0.39, 0.29) is 12.5 Å². The molecule has 4 nitrogen and oxygen atoms in total. The average Bonchev–Trinajstić information content (AvgIpc) is 2.73. The van der Waals surface area contributed by atoms with E-state index in [0.29, 0.717) is 24.6 Å². The van der Waals surface area contributed by atoms with Gasteiger partial charge in [0, 0.05) is 19.0 Å². The molecule has 1 fully saturated rings. The maximum atomic E-state index is 12.4. The number of hydrogen-bond donors (Lipinski definition) is 1. The predicted molar refractivity (Wildman–Crippen MR) is 63.8 cm³/mol. The monoisotopic (exact) mass is 237 g/mol. The number of amides is 1. The summed E-state index contributed by atoms with van der Waals surface area (Å²) in [7, 11) is 0. The molecule has 0 aromatic carbocycles. The molecule has 17 heavy (non-hydrogen) atoms. The highest BCUT2D eigenvalue weighted by Crippen LogP contribution is 2.27. The molecule has 0 unspecified atom stereocenters. The Morgan fingerprint density at radius 2 is 2.35 bits per heavy atom. The SMILES string of the molecule is CCc1occc1C(=O)N(CCO)C1CCC1. The third-order valence-corrected chi connectivity index (χ3v) is 3.41. The van der Waals surface area contributed by atoms with E-state index in [1.807, 2.05) is 6.92 Å². The van der Waals surface area contributed by atoms with Gasteiger partial charge in [0.25, 0.3) is 5.91 Å². The lowest BCUT2D eigenvalue weighted by atomic mass is 9.91. The van der Waals surface area contributed by atoms with E-state index in [9.17, 15) is 4.79 Å². The van der Waals surface area contributed by atoms with Gasteiger partial charge < -0.3 is 14.4 Å². The number of rotatable bonds is 5. The van der Waals surface area contributed by atoms with Crippen molar-refractivity contribution in [3.05, 3.63) is 23.7 Å². The smallest absolute Gasteiger partial charge is 0.257 e. The van der Waals surface area contributed by atoms with Crippen LogP contribution in [0.1, 0.15) is 42.3 Å². The molecule has 1 aromatic rings. The van der Waals surface area contributed by atoms with Crippen LogP contribution in [0.5, 0.6) is 0 Å². The number of nitrogens with zero attached hydrogens (tertiary/aromatic N) is 1. The van der Waals surface area contributed by atoms with Gasteiger partial charge in [-0.2, -0.15) is 0 Å². The highest BCUT2D eigenvalue weighted by atomic mass is 16.3. The zero-order chi connectivity index (χ0) is 12.3. The zero-order valence-electron chi connectivity index (χ0n) is 10.2. The molecule has 2 rings (SSSR count). The third kappa shape index (κ3) is 2.36. The van der Waals surface area contributed by atoms with E-state index in [1.54, 1.807) is 17.2 Å². The Hall–Kier alpha value is -1.29. The standard InChI is InChI=1S/C13H19NO3/c1-2-12-11(6-9-17-12)13(16)14(7-8-15)10-4-3-5-10/h6,9-10,15H,2-5,7-8H2,1H3. The number of aliphatic hydroxyl groups is 1. The lowest BCUT2D eigenvalue weighted by Gasteiger charge is -2.37. The van der Waals surface area contributed by atoms with Gasteiger partial charge in [0.2, 0.25) is 0 Å². The molecule has 1 heterocycles. The minimum atomic E-state index is -0.00523. The number of hydrogen-bond acceptors (Lipinski definition) is 3. The Morgan fingerprint density at radius 3 is 2.88 bits per heavy atom. The minimum absolute atomic E-state index is 0.00523. The van der Waals surface area contributed by atoms with Crippen LogP contribution in [-0.2, 0) is 6.42 Å². The van der Waals surface area contributed by atoms with Crippen molar-refractivity contribution in [1.29, 1.82) is 0 Å². The van der Waals surface area contributed by atoms with E-state index < -0.39 is 0 Å². The van der Waals surface area contributed by atoms with E-state index in [2.05, 4.69) is 0 Å². The van der Waals surface area contributed by atoms with Crippen LogP contribution in [0, 0.1) is 0 Å². The molecule has 1 aliphatic rings. The fourth-order valence-electron chi connectivity index (χ4n) is 2.22. The van der Waals surface area contributed by atoms with Gasteiger partial charge in [-0.15, -0.1) is 0 Å². The Morgan fingerprint density at radius 1 is 1.59 bits per heavy atom. The second kappa shape index (κ2) is 5.36. The largest absolute Gasteiger partial charge is 0.469 e. The van der Waals surface area contributed by atoms with Gasteiger partial charge in [0.05, 0.1) is 18.4 Å². The Kier molecular flexibility index (Phi) is 3.84. The van der Waals surface area contributed by atoms with Gasteiger partial charge in [-0.1, -0.05) is 6.92 Å². The van der Waals surface area contributed by atoms with Gasteiger partial charge in [-0.05, 0) is 25.3 Å². The quantitative estimate of drug-likeness (QED) is 0.850. The summed E-state index contributed by atoms with van der Waals surface area (Å²) in [5.74, 6) is 0.728. The summed E-state index contributed by atoms with van der Waals surface area (Å²) in [5, 5.41) is 9.06. The zero-order valence-corrected chi connectivity index (χ0v) is 10.2. The van der Waals surface area contributed by atoms with Crippen molar-refractivity contribution in [3.8, 4) is 0 Å². The van der Waals surface area contributed by atoms with E-state index in [1.165, 1.54) is 6.42 Å². The molecule has 1 saturated carbocycles. The van der Waals surface area contributed by atoms with Crippen LogP contribution in [0.4, 0.5) is 0 Å². The maximum absolute atomic E-state index is 12.4. The second-order valence-corrected chi connectivity index (χ2v) is 4.42. The van der Waals surface area contributed by atoms with Crippen molar-refractivity contribution < 1.29 is 14.3 Å². The van der Waals surface area contributed by atoms with Crippen molar-refractivity contribution in [2.24, 2.45) is 0 Å². The summed E-state index contributed by atoms with van der Waals surface area (Å²) in [5.41, 5.74) is 0.646. The molecule has 1 amide bonds. The molecule has 0 radical (unpaired) electrons. The summed E-state index contributed by atoms with van der Waals surface area (Å²) < 4.78 is 5.28. The summed E-state index contributed by atoms with van der Waals surface area (Å²) >= 11 is 0. The van der Waals surface area contributed by atoms with Crippen molar-refractivity contribution >= 4 is 5.91 Å². The van der Waals surface area contributed by atoms with Gasteiger partial charge in [0.15, 0.2) is 0 Å². The first-order chi connectivity index (χ1) is 8.27. The molecular formula is C13H19NO3. The molecule has 0 spiro atoms. The summed E-state index contributed by atoms with van der Waals surface area (Å²) in [4.78, 5) is 14.1. The predicted octanol–water partition coefficient (Wildman–Crippen LogP) is 1.83. The third-order valence-electron chi connectivity index (χ3n) is 3.41.